The van der Waals surface area contributed by atoms with Gasteiger partial charge in [0.2, 0.25) is 0 Å². The highest BCUT2D eigenvalue weighted by Crippen LogP contribution is 2.24. The van der Waals surface area contributed by atoms with Crippen molar-refractivity contribution >= 4 is 32.9 Å². The van der Waals surface area contributed by atoms with Gasteiger partial charge in [-0.15, -0.1) is 0 Å². The fourth-order valence-corrected chi connectivity index (χ4v) is 2.68. The summed E-state index contributed by atoms with van der Waals surface area (Å²) >= 11 is 3.11. The van der Waals surface area contributed by atoms with Crippen LogP contribution in [0.2, 0.25) is 0 Å². The van der Waals surface area contributed by atoms with Crippen molar-refractivity contribution in [2.75, 3.05) is 0 Å². The lowest BCUT2D eigenvalue weighted by Crippen LogP contribution is -2.11. The smallest absolute Gasteiger partial charge is 0.339 e. The second-order valence-electron chi connectivity index (χ2n) is 4.86. The van der Waals surface area contributed by atoms with Crippen molar-refractivity contribution in [1.82, 2.24) is 9.55 Å². The first-order valence-electron chi connectivity index (χ1n) is 6.83. The Kier molecular flexibility index (Phi) is 4.57. The number of hydrogen-bond acceptors (Lipinski definition) is 3. The molecule has 8 heteroatoms. The molecular formula is C16H10BrF3N2O2. The zero-order valence-electron chi connectivity index (χ0n) is 12.0. The summed E-state index contributed by atoms with van der Waals surface area (Å²) in [5.74, 6) is -1.54. The number of esters is 1. The van der Waals surface area contributed by atoms with Gasteiger partial charge in [-0.05, 0) is 46.3 Å². The first-order chi connectivity index (χ1) is 11.5. The molecule has 1 aromatic heterocycles. The van der Waals surface area contributed by atoms with Gasteiger partial charge >= 0.3 is 12.5 Å². The molecule has 24 heavy (non-hydrogen) atoms. The van der Waals surface area contributed by atoms with Crippen LogP contribution in [0, 0.1) is 5.82 Å². The van der Waals surface area contributed by atoms with Crippen LogP contribution in [0.3, 0.4) is 0 Å². The summed E-state index contributed by atoms with van der Waals surface area (Å²) in [6.07, 6.45) is 0. The minimum Gasteiger partial charge on any atom is -0.454 e. The Hall–Kier alpha value is -2.35. The van der Waals surface area contributed by atoms with E-state index in [0.717, 1.165) is 6.07 Å². The minimum atomic E-state index is -2.83. The number of nitrogens with zero attached hydrogens (tertiary/aromatic N) is 2. The van der Waals surface area contributed by atoms with E-state index in [1.54, 1.807) is 18.2 Å². The number of carbonyl (C=O) groups excluding carboxylic acids is 1. The molecule has 3 rings (SSSR count). The van der Waals surface area contributed by atoms with Crippen molar-refractivity contribution in [2.24, 2.45) is 0 Å². The second-order valence-corrected chi connectivity index (χ2v) is 5.72. The van der Waals surface area contributed by atoms with Crippen LogP contribution in [0.5, 0.6) is 0 Å². The number of alkyl halides is 2. The number of ether oxygens (including phenoxy) is 1. The Balaban J connectivity index is 1.86. The molecule has 0 atom stereocenters. The predicted octanol–water partition coefficient (Wildman–Crippen LogP) is 4.69. The number of rotatable bonds is 4. The lowest BCUT2D eigenvalue weighted by atomic mass is 10.2. The average Bonchev–Trinajstić information content (AvgIpc) is 2.93. The van der Waals surface area contributed by atoms with Crippen LogP contribution in [0.15, 0.2) is 46.9 Å². The van der Waals surface area contributed by atoms with E-state index in [1.165, 1.54) is 18.2 Å². The summed E-state index contributed by atoms with van der Waals surface area (Å²) in [4.78, 5) is 16.1. The Labute approximate surface area is 143 Å². The molecule has 0 N–H and O–H groups in total. The third-order valence-corrected chi connectivity index (χ3v) is 4.04. The molecule has 0 aliphatic rings. The maximum atomic E-state index is 13.3. The monoisotopic (exact) mass is 398 g/mol. The molecule has 0 bridgehead atoms. The van der Waals surface area contributed by atoms with Crippen molar-refractivity contribution in [3.8, 4) is 0 Å². The molecule has 0 radical (unpaired) electrons. The Morgan fingerprint density at radius 3 is 2.75 bits per heavy atom. The van der Waals surface area contributed by atoms with Gasteiger partial charge in [0.1, 0.15) is 12.4 Å². The first-order valence-corrected chi connectivity index (χ1v) is 7.63. The fraction of sp³-hybridized carbons (Fsp3) is 0.125. The molecule has 1 heterocycles. The highest BCUT2D eigenvalue weighted by molar-refractivity contribution is 9.10. The van der Waals surface area contributed by atoms with E-state index in [0.29, 0.717) is 14.6 Å². The third-order valence-electron chi connectivity index (χ3n) is 3.34. The van der Waals surface area contributed by atoms with Crippen molar-refractivity contribution < 1.29 is 22.7 Å². The molecule has 4 nitrogen and oxygen atoms in total. The molecule has 2 aromatic carbocycles. The largest absolute Gasteiger partial charge is 0.454 e. The number of aromatic nitrogens is 2. The van der Waals surface area contributed by atoms with Gasteiger partial charge in [-0.25, -0.2) is 14.2 Å². The normalized spacial score (nSPS) is 11.2. The van der Waals surface area contributed by atoms with Gasteiger partial charge in [0, 0.05) is 4.47 Å². The fourth-order valence-electron chi connectivity index (χ4n) is 2.28. The van der Waals surface area contributed by atoms with Crippen molar-refractivity contribution in [2.45, 2.75) is 13.2 Å². The van der Waals surface area contributed by atoms with Crippen LogP contribution >= 0.6 is 15.9 Å². The summed E-state index contributed by atoms with van der Waals surface area (Å²) in [5, 5.41) is 0. The zero-order chi connectivity index (χ0) is 17.3. The molecule has 124 valence electrons. The second kappa shape index (κ2) is 6.64. The number of para-hydroxylation sites is 2. The topological polar surface area (TPSA) is 44.1 Å². The highest BCUT2D eigenvalue weighted by atomic mass is 79.9. The van der Waals surface area contributed by atoms with Crippen LogP contribution in [0.4, 0.5) is 13.2 Å². The van der Waals surface area contributed by atoms with Gasteiger partial charge in [0.25, 0.3) is 0 Å². The summed E-state index contributed by atoms with van der Waals surface area (Å²) in [7, 11) is 0. The van der Waals surface area contributed by atoms with Crippen LogP contribution in [0.1, 0.15) is 22.7 Å². The highest BCUT2D eigenvalue weighted by Gasteiger charge is 2.20. The average molecular weight is 399 g/mol. The van der Waals surface area contributed by atoms with Crippen LogP contribution in [0.25, 0.3) is 11.0 Å². The Morgan fingerprint density at radius 2 is 2.00 bits per heavy atom. The Morgan fingerprint density at radius 1 is 1.25 bits per heavy atom. The van der Waals surface area contributed by atoms with Crippen LogP contribution in [-0.2, 0) is 11.3 Å². The molecule has 0 spiro atoms. The summed E-state index contributed by atoms with van der Waals surface area (Å²) in [6, 6.07) is 9.92. The van der Waals surface area contributed by atoms with Gasteiger partial charge in [0.15, 0.2) is 5.82 Å². The van der Waals surface area contributed by atoms with Gasteiger partial charge < -0.3 is 4.74 Å². The van der Waals surface area contributed by atoms with E-state index in [1.807, 2.05) is 0 Å². The van der Waals surface area contributed by atoms with Crippen molar-refractivity contribution in [3.05, 3.63) is 64.1 Å². The first kappa shape index (κ1) is 16.5. The molecule has 0 aliphatic heterocycles. The maximum Gasteiger partial charge on any atom is 0.339 e. The molecule has 3 aromatic rings. The standard InChI is InChI=1S/C16H10BrF3N2O2/c17-11-6-5-9(18)7-10(11)15(23)24-8-14-21-12-3-1-2-4-13(12)22(14)16(19)20/h1-7,16H,8H2. The van der Waals surface area contributed by atoms with E-state index < -0.39 is 24.9 Å². The number of benzene rings is 2. The number of carbonyl (C=O) groups is 1. The summed E-state index contributed by atoms with van der Waals surface area (Å²) < 4.78 is 45.9. The third kappa shape index (κ3) is 3.14. The predicted molar refractivity (Wildman–Crippen MR) is 84.2 cm³/mol. The molecule has 0 saturated carbocycles. The number of imidazole rings is 1. The van der Waals surface area contributed by atoms with E-state index in [-0.39, 0.29) is 16.9 Å². The minimum absolute atomic E-state index is 0.0327. The molecular weight excluding hydrogens is 389 g/mol. The van der Waals surface area contributed by atoms with Crippen molar-refractivity contribution in [1.29, 1.82) is 0 Å². The number of hydrogen-bond donors (Lipinski definition) is 0. The SMILES string of the molecule is O=C(OCc1nc2ccccc2n1C(F)F)c1cc(F)ccc1Br. The van der Waals surface area contributed by atoms with E-state index in [4.69, 9.17) is 4.74 Å². The zero-order valence-corrected chi connectivity index (χ0v) is 13.6. The molecule has 0 fully saturated rings. The number of fused-ring (bicyclic) bond motifs is 1. The van der Waals surface area contributed by atoms with Crippen LogP contribution < -0.4 is 0 Å². The van der Waals surface area contributed by atoms with E-state index >= 15 is 0 Å². The lowest BCUT2D eigenvalue weighted by Gasteiger charge is -2.09. The lowest BCUT2D eigenvalue weighted by molar-refractivity contribution is 0.0386. The van der Waals surface area contributed by atoms with Gasteiger partial charge in [-0.1, -0.05) is 12.1 Å². The molecule has 0 aliphatic carbocycles. The Bertz CT molecular complexity index is 911. The van der Waals surface area contributed by atoms with Gasteiger partial charge in [-0.2, -0.15) is 8.78 Å². The summed E-state index contributed by atoms with van der Waals surface area (Å²) in [5.41, 5.74) is 0.580. The maximum absolute atomic E-state index is 13.3. The summed E-state index contributed by atoms with van der Waals surface area (Å²) in [6.45, 7) is -3.28. The van der Waals surface area contributed by atoms with Crippen LogP contribution in [-0.4, -0.2) is 15.5 Å². The van der Waals surface area contributed by atoms with E-state index in [2.05, 4.69) is 20.9 Å². The van der Waals surface area contributed by atoms with Crippen molar-refractivity contribution in [3.63, 3.8) is 0 Å². The number of halogens is 4. The van der Waals surface area contributed by atoms with Gasteiger partial charge in [-0.3, -0.25) is 4.57 Å². The van der Waals surface area contributed by atoms with Gasteiger partial charge in [0.05, 0.1) is 16.6 Å². The molecule has 0 saturated heterocycles. The molecule has 0 amide bonds. The quantitative estimate of drug-likeness (QED) is 0.598. The molecule has 0 unspecified atom stereocenters. The van der Waals surface area contributed by atoms with E-state index in [9.17, 15) is 18.0 Å².